The number of ketones is 3. The third-order valence-corrected chi connectivity index (χ3v) is 8.37. The third-order valence-electron chi connectivity index (χ3n) is 8.37. The average Bonchev–Trinajstić information content (AvgIpc) is 3.30. The van der Waals surface area contributed by atoms with Gasteiger partial charge in [-0.25, -0.2) is 9.59 Å². The number of Topliss-reactive ketones (excluding diaryl/α,β-unsaturated/α-hetero) is 3. The number of aromatic hydroxyl groups is 2. The Morgan fingerprint density at radius 1 is 0.829 bits per heavy atom. The summed E-state index contributed by atoms with van der Waals surface area (Å²) in [6, 6.07) is 2.96. The van der Waals surface area contributed by atoms with Crippen molar-refractivity contribution < 1.29 is 53.1 Å². The molecule has 2 aromatic rings. The Bertz CT molecular complexity index is 1770. The van der Waals surface area contributed by atoms with Gasteiger partial charge in [0.2, 0.25) is 5.78 Å². The fourth-order valence-corrected chi connectivity index (χ4v) is 6.63. The molecule has 7 rings (SSSR count). The van der Waals surface area contributed by atoms with Crippen molar-refractivity contribution in [3.8, 4) is 11.5 Å². The van der Waals surface area contributed by atoms with Gasteiger partial charge in [0.05, 0.1) is 23.8 Å². The first kappa shape index (κ1) is 25.1. The van der Waals surface area contributed by atoms with Gasteiger partial charge in [0.25, 0.3) is 0 Å². The van der Waals surface area contributed by atoms with Crippen LogP contribution in [0.2, 0.25) is 0 Å². The van der Waals surface area contributed by atoms with Gasteiger partial charge in [0, 0.05) is 18.4 Å². The summed E-state index contributed by atoms with van der Waals surface area (Å²) < 4.78 is 21.8. The summed E-state index contributed by atoms with van der Waals surface area (Å²) in [6.45, 7) is 2.85. The highest BCUT2D eigenvalue weighted by atomic mass is 16.5. The van der Waals surface area contributed by atoms with E-state index >= 15 is 0 Å². The van der Waals surface area contributed by atoms with Crippen LogP contribution in [-0.4, -0.2) is 65.4 Å². The lowest BCUT2D eigenvalue weighted by atomic mass is 9.65. The molecule has 2 N–H and O–H groups in total. The van der Waals surface area contributed by atoms with Crippen molar-refractivity contribution in [1.29, 1.82) is 0 Å². The standard InChI is InChI=1S/C30H22O11/c1-10-4-12-6-14-8-16(38-3)30(27(35)17(14)23(32)18(12)28(36)40-10)9-39-26-21(30)25(34)20-15(22(26)31)7-13-5-11(2)41-29(37)19(13)24(20)33/h6-8,10-11,32-33H,4-5,9H2,1-3H3/t10-,11-,30-/m1/s1. The van der Waals surface area contributed by atoms with E-state index in [-0.39, 0.29) is 45.6 Å². The highest BCUT2D eigenvalue weighted by Gasteiger charge is 2.61. The van der Waals surface area contributed by atoms with Crippen LogP contribution in [-0.2, 0) is 31.8 Å². The highest BCUT2D eigenvalue weighted by molar-refractivity contribution is 6.32. The predicted octanol–water partition coefficient (Wildman–Crippen LogP) is 2.83. The largest absolute Gasteiger partial charge is 0.506 e. The first-order chi connectivity index (χ1) is 19.5. The SMILES string of the molecule is COC1=Cc2cc3c(c(O)c2C(=O)[C@]12COC1=C2C(=O)c2c(cc4c(c2O)C(=O)O[C@H](C)C4)C1=O)C(=O)O[C@H](C)C3. The van der Waals surface area contributed by atoms with Crippen molar-refractivity contribution in [2.75, 3.05) is 13.7 Å². The van der Waals surface area contributed by atoms with Crippen molar-refractivity contribution in [1.82, 2.24) is 0 Å². The number of rotatable bonds is 1. The molecule has 0 radical (unpaired) electrons. The molecular formula is C30H22O11. The Balaban J connectivity index is 1.44. The van der Waals surface area contributed by atoms with E-state index in [1.165, 1.54) is 19.3 Å². The van der Waals surface area contributed by atoms with Gasteiger partial charge >= 0.3 is 11.9 Å². The summed E-state index contributed by atoms with van der Waals surface area (Å²) in [5, 5.41) is 22.4. The van der Waals surface area contributed by atoms with Crippen LogP contribution >= 0.6 is 0 Å². The second kappa shape index (κ2) is 8.06. The topological polar surface area (TPSA) is 163 Å². The Kier molecular flexibility index (Phi) is 4.93. The van der Waals surface area contributed by atoms with E-state index in [0.717, 1.165) is 0 Å². The van der Waals surface area contributed by atoms with Gasteiger partial charge in [-0.05, 0) is 48.7 Å². The second-order valence-corrected chi connectivity index (χ2v) is 10.8. The number of cyclic esters (lactones) is 2. The number of allylic oxidation sites excluding steroid dienone is 1. The number of methoxy groups -OCH3 is 1. The zero-order valence-electron chi connectivity index (χ0n) is 22.1. The maximum Gasteiger partial charge on any atom is 0.342 e. The predicted molar refractivity (Wildman–Crippen MR) is 137 cm³/mol. The normalized spacial score (nSPS) is 25.8. The number of carbonyl (C=O) groups excluding carboxylic acids is 5. The Hall–Kier alpha value is -4.93. The summed E-state index contributed by atoms with van der Waals surface area (Å²) >= 11 is 0. The lowest BCUT2D eigenvalue weighted by Crippen LogP contribution is -2.43. The molecule has 3 heterocycles. The molecular weight excluding hydrogens is 536 g/mol. The van der Waals surface area contributed by atoms with Gasteiger partial charge in [-0.15, -0.1) is 0 Å². The van der Waals surface area contributed by atoms with E-state index in [1.807, 2.05) is 0 Å². The summed E-state index contributed by atoms with van der Waals surface area (Å²) in [5.41, 5.74) is -2.57. The van der Waals surface area contributed by atoms with Crippen molar-refractivity contribution in [2.45, 2.75) is 38.9 Å². The molecule has 1 spiro atoms. The molecule has 0 bridgehead atoms. The van der Waals surface area contributed by atoms with Crippen molar-refractivity contribution in [3.63, 3.8) is 0 Å². The molecule has 3 atom stereocenters. The Labute approximate surface area is 231 Å². The molecule has 5 aliphatic rings. The number of benzene rings is 2. The number of phenolic OH excluding ortho intramolecular Hbond substituents is 2. The number of ether oxygens (including phenoxy) is 4. The number of hydrogen-bond acceptors (Lipinski definition) is 11. The number of phenols is 2. The molecule has 0 fully saturated rings. The van der Waals surface area contributed by atoms with E-state index in [2.05, 4.69) is 0 Å². The zero-order chi connectivity index (χ0) is 29.1. The van der Waals surface area contributed by atoms with Gasteiger partial charge in [0.1, 0.15) is 47.2 Å². The molecule has 0 amide bonds. The first-order valence-corrected chi connectivity index (χ1v) is 13.0. The molecule has 0 unspecified atom stereocenters. The van der Waals surface area contributed by atoms with Gasteiger partial charge in [-0.3, -0.25) is 14.4 Å². The van der Waals surface area contributed by atoms with Gasteiger partial charge in [-0.1, -0.05) is 0 Å². The summed E-state index contributed by atoms with van der Waals surface area (Å²) in [7, 11) is 1.29. The van der Waals surface area contributed by atoms with Gasteiger partial charge in [-0.2, -0.15) is 0 Å². The quantitative estimate of drug-likeness (QED) is 0.495. The fourth-order valence-electron chi connectivity index (χ4n) is 6.63. The van der Waals surface area contributed by atoms with Crippen molar-refractivity contribution >= 4 is 35.4 Å². The van der Waals surface area contributed by atoms with Gasteiger partial charge < -0.3 is 29.2 Å². The number of fused-ring (bicyclic) bond motifs is 5. The lowest BCUT2D eigenvalue weighted by molar-refractivity contribution is 0.0285. The third kappa shape index (κ3) is 3.00. The summed E-state index contributed by atoms with van der Waals surface area (Å²) in [4.78, 5) is 67.5. The van der Waals surface area contributed by atoms with Crippen molar-refractivity contribution in [2.24, 2.45) is 5.41 Å². The van der Waals surface area contributed by atoms with Crippen LogP contribution in [0, 0.1) is 5.41 Å². The summed E-state index contributed by atoms with van der Waals surface area (Å²) in [5.74, 6) is -5.88. The maximum absolute atomic E-state index is 14.4. The second-order valence-electron chi connectivity index (χ2n) is 10.8. The van der Waals surface area contributed by atoms with E-state index in [0.29, 0.717) is 17.5 Å². The molecule has 2 aliphatic carbocycles. The lowest BCUT2D eigenvalue weighted by Gasteiger charge is -2.35. The van der Waals surface area contributed by atoms with Crippen LogP contribution in [0.15, 0.2) is 29.2 Å². The van der Waals surface area contributed by atoms with E-state index in [1.54, 1.807) is 19.9 Å². The van der Waals surface area contributed by atoms with Crippen LogP contribution in [0.3, 0.4) is 0 Å². The van der Waals surface area contributed by atoms with Crippen LogP contribution in [0.1, 0.15) is 82.3 Å². The zero-order valence-corrected chi connectivity index (χ0v) is 22.1. The first-order valence-electron chi connectivity index (χ1n) is 13.0. The van der Waals surface area contributed by atoms with Crippen LogP contribution in [0.4, 0.5) is 0 Å². The number of esters is 2. The molecule has 41 heavy (non-hydrogen) atoms. The van der Waals surface area contributed by atoms with Crippen LogP contribution < -0.4 is 0 Å². The van der Waals surface area contributed by atoms with E-state index in [4.69, 9.17) is 18.9 Å². The molecule has 11 heteroatoms. The monoisotopic (exact) mass is 558 g/mol. The minimum Gasteiger partial charge on any atom is -0.506 e. The highest BCUT2D eigenvalue weighted by Crippen LogP contribution is 2.55. The minimum absolute atomic E-state index is 0.0268. The van der Waals surface area contributed by atoms with E-state index in [9.17, 15) is 34.2 Å². The Morgan fingerprint density at radius 2 is 1.41 bits per heavy atom. The van der Waals surface area contributed by atoms with Crippen LogP contribution in [0.25, 0.3) is 6.08 Å². The number of hydrogen-bond donors (Lipinski definition) is 2. The fraction of sp³-hybridized carbons (Fsp3) is 0.300. The average molecular weight is 558 g/mol. The molecule has 0 aromatic heterocycles. The van der Waals surface area contributed by atoms with Crippen LogP contribution in [0.5, 0.6) is 11.5 Å². The minimum atomic E-state index is -2.02. The van der Waals surface area contributed by atoms with E-state index < -0.39 is 76.3 Å². The van der Waals surface area contributed by atoms with Crippen molar-refractivity contribution in [3.05, 3.63) is 73.7 Å². The molecule has 3 aliphatic heterocycles. The van der Waals surface area contributed by atoms with Gasteiger partial charge in [0.15, 0.2) is 22.7 Å². The smallest absolute Gasteiger partial charge is 0.342 e. The molecule has 208 valence electrons. The molecule has 0 saturated carbocycles. The number of carbonyl (C=O) groups is 5. The summed E-state index contributed by atoms with van der Waals surface area (Å²) in [6.07, 6.45) is 1.04. The molecule has 11 nitrogen and oxygen atoms in total. The Morgan fingerprint density at radius 3 is 2.02 bits per heavy atom. The molecule has 0 saturated heterocycles. The molecule has 2 aromatic carbocycles. The maximum atomic E-state index is 14.4.